The lowest BCUT2D eigenvalue weighted by atomic mass is 10.3. The number of nitrogens with zero attached hydrogens (tertiary/aromatic N) is 1. The lowest BCUT2D eigenvalue weighted by Crippen LogP contribution is -2.32. The Morgan fingerprint density at radius 3 is 2.56 bits per heavy atom. The summed E-state index contributed by atoms with van der Waals surface area (Å²) < 4.78 is 5.05. The molecule has 1 rings (SSSR count). The molecule has 0 spiro atoms. The molecule has 0 radical (unpaired) electrons. The van der Waals surface area contributed by atoms with Gasteiger partial charge in [-0.05, 0) is 31.3 Å². The van der Waals surface area contributed by atoms with Gasteiger partial charge < -0.3 is 10.1 Å². The van der Waals surface area contributed by atoms with Crippen LogP contribution in [0.3, 0.4) is 0 Å². The molecule has 1 amide bonds. The zero-order valence-corrected chi connectivity index (χ0v) is 11.8. The smallest absolute Gasteiger partial charge is 0.238 e. The summed E-state index contributed by atoms with van der Waals surface area (Å²) in [6, 6.07) is 5.18. The van der Waals surface area contributed by atoms with Crippen molar-refractivity contribution in [3.63, 3.8) is 0 Å². The van der Waals surface area contributed by atoms with Crippen LogP contribution in [0.15, 0.2) is 18.2 Å². The summed E-state index contributed by atoms with van der Waals surface area (Å²) in [5.41, 5.74) is 0.679. The van der Waals surface area contributed by atoms with E-state index in [2.05, 4.69) is 5.32 Å². The third kappa shape index (κ3) is 4.20. The van der Waals surface area contributed by atoms with Gasteiger partial charge in [0.2, 0.25) is 5.91 Å². The Kier molecular flexibility index (Phi) is 5.95. The Morgan fingerprint density at radius 1 is 1.39 bits per heavy atom. The van der Waals surface area contributed by atoms with Gasteiger partial charge in [0.05, 0.1) is 18.7 Å². The summed E-state index contributed by atoms with van der Waals surface area (Å²) in [4.78, 5) is 13.8. The molecule has 1 N–H and O–H groups in total. The number of halogens is 1. The number of carbonyl (C=O) groups is 1. The van der Waals surface area contributed by atoms with Gasteiger partial charge >= 0.3 is 0 Å². The van der Waals surface area contributed by atoms with Gasteiger partial charge in [-0.3, -0.25) is 9.69 Å². The maximum atomic E-state index is 11.8. The molecular weight excluding hydrogens is 252 g/mol. The number of ether oxygens (including phenoxy) is 1. The van der Waals surface area contributed by atoms with Gasteiger partial charge in [0.15, 0.2) is 0 Å². The van der Waals surface area contributed by atoms with Crippen molar-refractivity contribution >= 4 is 23.2 Å². The monoisotopic (exact) mass is 270 g/mol. The van der Waals surface area contributed by atoms with E-state index in [0.717, 1.165) is 13.1 Å². The molecular formula is C13H19ClN2O2. The van der Waals surface area contributed by atoms with Crippen molar-refractivity contribution < 1.29 is 9.53 Å². The fraction of sp³-hybridized carbons (Fsp3) is 0.462. The highest BCUT2D eigenvalue weighted by Crippen LogP contribution is 2.27. The van der Waals surface area contributed by atoms with Crippen LogP contribution in [0.1, 0.15) is 13.8 Å². The van der Waals surface area contributed by atoms with Crippen molar-refractivity contribution in [3.05, 3.63) is 23.2 Å². The van der Waals surface area contributed by atoms with Crippen molar-refractivity contribution in [2.24, 2.45) is 0 Å². The van der Waals surface area contributed by atoms with Crippen LogP contribution in [0.2, 0.25) is 5.02 Å². The van der Waals surface area contributed by atoms with Crippen LogP contribution in [0.5, 0.6) is 5.75 Å². The molecule has 0 bridgehead atoms. The molecule has 4 nitrogen and oxygen atoms in total. The molecule has 18 heavy (non-hydrogen) atoms. The molecule has 100 valence electrons. The fourth-order valence-electron chi connectivity index (χ4n) is 1.59. The van der Waals surface area contributed by atoms with Crippen molar-refractivity contribution in [1.29, 1.82) is 0 Å². The summed E-state index contributed by atoms with van der Waals surface area (Å²) in [5.74, 6) is 0.554. The first-order valence-electron chi connectivity index (χ1n) is 5.96. The van der Waals surface area contributed by atoms with Crippen LogP contribution in [0.4, 0.5) is 5.69 Å². The first-order valence-corrected chi connectivity index (χ1v) is 6.34. The molecule has 0 saturated carbocycles. The Morgan fingerprint density at radius 2 is 2.06 bits per heavy atom. The van der Waals surface area contributed by atoms with Gasteiger partial charge in [-0.1, -0.05) is 25.4 Å². The van der Waals surface area contributed by atoms with E-state index >= 15 is 0 Å². The molecule has 1 aromatic rings. The molecule has 0 fully saturated rings. The molecule has 0 heterocycles. The summed E-state index contributed by atoms with van der Waals surface area (Å²) in [5, 5.41) is 3.30. The highest BCUT2D eigenvalue weighted by molar-refractivity contribution is 6.32. The zero-order chi connectivity index (χ0) is 13.5. The van der Waals surface area contributed by atoms with E-state index in [1.807, 2.05) is 18.7 Å². The van der Waals surface area contributed by atoms with Crippen LogP contribution >= 0.6 is 11.6 Å². The second-order valence-corrected chi connectivity index (χ2v) is 4.27. The van der Waals surface area contributed by atoms with Crippen LogP contribution < -0.4 is 10.1 Å². The molecule has 0 aromatic heterocycles. The third-order valence-electron chi connectivity index (χ3n) is 2.70. The second kappa shape index (κ2) is 7.24. The molecule has 5 heteroatoms. The van der Waals surface area contributed by atoms with Gasteiger partial charge in [0, 0.05) is 5.69 Å². The first-order chi connectivity index (χ1) is 8.60. The van der Waals surface area contributed by atoms with Crippen molar-refractivity contribution in [3.8, 4) is 5.75 Å². The zero-order valence-electron chi connectivity index (χ0n) is 11.0. The standard InChI is InChI=1S/C13H19ClN2O2/c1-4-16(5-2)9-13(17)15-10-6-7-12(18-3)11(14)8-10/h6-8H,4-5,9H2,1-3H3,(H,15,17). The summed E-state index contributed by atoms with van der Waals surface area (Å²) in [7, 11) is 1.56. The Labute approximate surface area is 113 Å². The average molecular weight is 271 g/mol. The third-order valence-corrected chi connectivity index (χ3v) is 2.99. The first kappa shape index (κ1) is 14.8. The number of carbonyl (C=O) groups excluding carboxylic acids is 1. The number of nitrogens with one attached hydrogen (secondary N) is 1. The van der Waals surface area contributed by atoms with Gasteiger partial charge in [0.25, 0.3) is 0 Å². The van der Waals surface area contributed by atoms with Crippen LogP contribution in [-0.4, -0.2) is 37.6 Å². The van der Waals surface area contributed by atoms with Crippen LogP contribution in [-0.2, 0) is 4.79 Å². The number of rotatable bonds is 6. The van der Waals surface area contributed by atoms with Crippen LogP contribution in [0.25, 0.3) is 0 Å². The topological polar surface area (TPSA) is 41.6 Å². The summed E-state index contributed by atoms with van der Waals surface area (Å²) >= 11 is 5.99. The maximum absolute atomic E-state index is 11.8. The SMILES string of the molecule is CCN(CC)CC(=O)Nc1ccc(OC)c(Cl)c1. The number of hydrogen-bond donors (Lipinski definition) is 1. The van der Waals surface area contributed by atoms with E-state index in [1.165, 1.54) is 0 Å². The predicted octanol–water partition coefficient (Wildman–Crippen LogP) is 2.63. The molecule has 0 aliphatic heterocycles. The average Bonchev–Trinajstić information content (AvgIpc) is 2.36. The Balaban J connectivity index is 2.62. The van der Waals surface area contributed by atoms with Crippen molar-refractivity contribution in [2.45, 2.75) is 13.8 Å². The number of hydrogen-bond acceptors (Lipinski definition) is 3. The van der Waals surface area contributed by atoms with Crippen molar-refractivity contribution in [1.82, 2.24) is 4.90 Å². The highest BCUT2D eigenvalue weighted by Gasteiger charge is 2.08. The predicted molar refractivity (Wildman–Crippen MR) is 74.4 cm³/mol. The van der Waals surface area contributed by atoms with E-state index in [0.29, 0.717) is 23.0 Å². The second-order valence-electron chi connectivity index (χ2n) is 3.86. The molecule has 0 aliphatic carbocycles. The molecule has 0 aliphatic rings. The van der Waals surface area contributed by atoms with Gasteiger partial charge in [-0.25, -0.2) is 0 Å². The number of anilines is 1. The maximum Gasteiger partial charge on any atom is 0.238 e. The van der Waals surface area contributed by atoms with E-state index in [1.54, 1.807) is 25.3 Å². The Bertz CT molecular complexity index is 406. The number of benzene rings is 1. The molecule has 0 unspecified atom stereocenters. The van der Waals surface area contributed by atoms with Gasteiger partial charge in [-0.2, -0.15) is 0 Å². The minimum absolute atomic E-state index is 0.0417. The fourth-order valence-corrected chi connectivity index (χ4v) is 1.85. The number of likely N-dealkylation sites (N-methyl/N-ethyl adjacent to an activating group) is 1. The minimum Gasteiger partial charge on any atom is -0.495 e. The van der Waals surface area contributed by atoms with E-state index in [4.69, 9.17) is 16.3 Å². The normalized spacial score (nSPS) is 10.5. The van der Waals surface area contributed by atoms with Crippen molar-refractivity contribution in [2.75, 3.05) is 32.1 Å². The molecule has 1 aromatic carbocycles. The van der Waals surface area contributed by atoms with E-state index < -0.39 is 0 Å². The number of methoxy groups -OCH3 is 1. The van der Waals surface area contributed by atoms with Gasteiger partial charge in [0.1, 0.15) is 5.75 Å². The van der Waals surface area contributed by atoms with E-state index in [-0.39, 0.29) is 5.91 Å². The molecule has 0 atom stereocenters. The quantitative estimate of drug-likeness (QED) is 0.864. The summed E-state index contributed by atoms with van der Waals surface area (Å²) in [6.45, 7) is 6.15. The number of amides is 1. The summed E-state index contributed by atoms with van der Waals surface area (Å²) in [6.07, 6.45) is 0. The Hall–Kier alpha value is -1.26. The lowest BCUT2D eigenvalue weighted by Gasteiger charge is -2.17. The van der Waals surface area contributed by atoms with Crippen LogP contribution in [0, 0.1) is 0 Å². The lowest BCUT2D eigenvalue weighted by molar-refractivity contribution is -0.117. The van der Waals surface area contributed by atoms with E-state index in [9.17, 15) is 4.79 Å². The van der Waals surface area contributed by atoms with Gasteiger partial charge in [-0.15, -0.1) is 0 Å². The highest BCUT2D eigenvalue weighted by atomic mass is 35.5. The molecule has 0 saturated heterocycles. The minimum atomic E-state index is -0.0417. The largest absolute Gasteiger partial charge is 0.495 e.